The van der Waals surface area contributed by atoms with Gasteiger partial charge in [-0.1, -0.05) is 17.7 Å². The number of aromatic nitrogens is 2. The van der Waals surface area contributed by atoms with Crippen molar-refractivity contribution in [3.05, 3.63) is 82.8 Å². The minimum atomic E-state index is -0.209. The standard InChI is InChI=1S/C19H17ClN4O/c1-13-16(20)3-2-4-17(13)24-19(25)15-7-10-22-18(11-15)23-12-14-5-8-21-9-6-14/h2-11H,12H2,1H3,(H,22,23)(H,24,25). The predicted octanol–water partition coefficient (Wildman–Crippen LogP) is 4.30. The topological polar surface area (TPSA) is 66.9 Å². The summed E-state index contributed by atoms with van der Waals surface area (Å²) in [5.74, 6) is 0.423. The Morgan fingerprint density at radius 1 is 1.12 bits per heavy atom. The van der Waals surface area contributed by atoms with E-state index in [0.717, 1.165) is 11.1 Å². The van der Waals surface area contributed by atoms with Crippen molar-refractivity contribution in [3.8, 4) is 0 Å². The van der Waals surface area contributed by atoms with Gasteiger partial charge in [0.25, 0.3) is 5.91 Å². The van der Waals surface area contributed by atoms with Gasteiger partial charge in [0.05, 0.1) is 0 Å². The van der Waals surface area contributed by atoms with Crippen molar-refractivity contribution in [2.45, 2.75) is 13.5 Å². The zero-order valence-corrected chi connectivity index (χ0v) is 14.4. The van der Waals surface area contributed by atoms with E-state index in [9.17, 15) is 4.79 Å². The van der Waals surface area contributed by atoms with Crippen LogP contribution in [0.1, 0.15) is 21.5 Å². The molecular weight excluding hydrogens is 336 g/mol. The maximum absolute atomic E-state index is 12.5. The largest absolute Gasteiger partial charge is 0.366 e. The van der Waals surface area contributed by atoms with E-state index in [2.05, 4.69) is 20.6 Å². The quantitative estimate of drug-likeness (QED) is 0.718. The molecule has 3 rings (SSSR count). The van der Waals surface area contributed by atoms with Gasteiger partial charge in [0, 0.05) is 41.4 Å². The Morgan fingerprint density at radius 3 is 2.72 bits per heavy atom. The van der Waals surface area contributed by atoms with E-state index in [1.54, 1.807) is 42.9 Å². The minimum Gasteiger partial charge on any atom is -0.366 e. The molecule has 126 valence electrons. The Hall–Kier alpha value is -2.92. The molecule has 5 nitrogen and oxygen atoms in total. The van der Waals surface area contributed by atoms with Crippen LogP contribution in [-0.4, -0.2) is 15.9 Å². The van der Waals surface area contributed by atoms with Crippen LogP contribution in [0.25, 0.3) is 0 Å². The van der Waals surface area contributed by atoms with Crippen LogP contribution >= 0.6 is 11.6 Å². The first kappa shape index (κ1) is 16.9. The number of halogens is 1. The molecule has 1 amide bonds. The van der Waals surface area contributed by atoms with Crippen LogP contribution in [0, 0.1) is 6.92 Å². The Morgan fingerprint density at radius 2 is 1.92 bits per heavy atom. The molecule has 6 heteroatoms. The van der Waals surface area contributed by atoms with Gasteiger partial charge < -0.3 is 10.6 Å². The summed E-state index contributed by atoms with van der Waals surface area (Å²) in [6, 6.07) is 12.7. The van der Waals surface area contributed by atoms with E-state index in [-0.39, 0.29) is 5.91 Å². The van der Waals surface area contributed by atoms with Crippen LogP contribution in [-0.2, 0) is 6.54 Å². The Kier molecular flexibility index (Phi) is 5.26. The molecule has 1 aromatic carbocycles. The number of nitrogens with one attached hydrogen (secondary N) is 2. The van der Waals surface area contributed by atoms with Crippen molar-refractivity contribution in [1.82, 2.24) is 9.97 Å². The molecule has 0 unspecified atom stereocenters. The van der Waals surface area contributed by atoms with Gasteiger partial charge in [-0.3, -0.25) is 9.78 Å². The van der Waals surface area contributed by atoms with Crippen LogP contribution < -0.4 is 10.6 Å². The van der Waals surface area contributed by atoms with Gasteiger partial charge >= 0.3 is 0 Å². The number of nitrogens with zero attached hydrogens (tertiary/aromatic N) is 2. The maximum atomic E-state index is 12.5. The van der Waals surface area contributed by atoms with Gasteiger partial charge in [-0.25, -0.2) is 4.98 Å². The van der Waals surface area contributed by atoms with E-state index in [1.807, 2.05) is 25.1 Å². The van der Waals surface area contributed by atoms with Gasteiger partial charge in [0.1, 0.15) is 5.82 Å². The van der Waals surface area contributed by atoms with Gasteiger partial charge in [0.2, 0.25) is 0 Å². The fraction of sp³-hybridized carbons (Fsp3) is 0.105. The molecular formula is C19H17ClN4O. The molecule has 2 aromatic heterocycles. The summed E-state index contributed by atoms with van der Waals surface area (Å²) in [6.45, 7) is 2.47. The van der Waals surface area contributed by atoms with Crippen molar-refractivity contribution in [1.29, 1.82) is 0 Å². The molecule has 0 fully saturated rings. The summed E-state index contributed by atoms with van der Waals surface area (Å²) < 4.78 is 0. The van der Waals surface area contributed by atoms with Crippen molar-refractivity contribution in [2.75, 3.05) is 10.6 Å². The normalized spacial score (nSPS) is 10.3. The number of rotatable bonds is 5. The lowest BCUT2D eigenvalue weighted by Gasteiger charge is -2.11. The number of pyridine rings is 2. The van der Waals surface area contributed by atoms with Gasteiger partial charge in [-0.15, -0.1) is 0 Å². The molecule has 0 saturated heterocycles. The Labute approximate surface area is 151 Å². The molecule has 0 aliphatic carbocycles. The van der Waals surface area contributed by atoms with Crippen molar-refractivity contribution in [3.63, 3.8) is 0 Å². The van der Waals surface area contributed by atoms with E-state index in [4.69, 9.17) is 11.6 Å². The second-order valence-electron chi connectivity index (χ2n) is 5.51. The Balaban J connectivity index is 1.70. The number of hydrogen-bond acceptors (Lipinski definition) is 4. The van der Waals surface area contributed by atoms with Gasteiger partial charge in [-0.05, 0) is 54.4 Å². The second kappa shape index (κ2) is 7.77. The molecule has 2 N–H and O–H groups in total. The highest BCUT2D eigenvalue weighted by Crippen LogP contribution is 2.23. The van der Waals surface area contributed by atoms with E-state index in [0.29, 0.717) is 28.6 Å². The van der Waals surface area contributed by atoms with Crippen LogP contribution in [0.4, 0.5) is 11.5 Å². The summed E-state index contributed by atoms with van der Waals surface area (Å²) in [6.07, 6.45) is 5.08. The number of carbonyl (C=O) groups is 1. The first-order valence-electron chi connectivity index (χ1n) is 7.79. The molecule has 2 heterocycles. The van der Waals surface area contributed by atoms with Crippen molar-refractivity contribution >= 4 is 29.0 Å². The number of carbonyl (C=O) groups excluding carboxylic acids is 1. The molecule has 0 radical (unpaired) electrons. The molecule has 0 atom stereocenters. The molecule has 0 spiro atoms. The lowest BCUT2D eigenvalue weighted by Crippen LogP contribution is -2.13. The third-order valence-corrected chi connectivity index (χ3v) is 4.17. The highest BCUT2D eigenvalue weighted by atomic mass is 35.5. The smallest absolute Gasteiger partial charge is 0.255 e. The summed E-state index contributed by atoms with van der Waals surface area (Å²) in [4.78, 5) is 20.7. The van der Waals surface area contributed by atoms with Crippen molar-refractivity contribution in [2.24, 2.45) is 0 Å². The SMILES string of the molecule is Cc1c(Cl)cccc1NC(=O)c1ccnc(NCc2ccncc2)c1. The number of anilines is 2. The summed E-state index contributed by atoms with van der Waals surface area (Å²) in [5, 5.41) is 6.70. The van der Waals surface area contributed by atoms with Crippen LogP contribution in [0.15, 0.2) is 61.1 Å². The van der Waals surface area contributed by atoms with E-state index < -0.39 is 0 Å². The third-order valence-electron chi connectivity index (χ3n) is 3.76. The summed E-state index contributed by atoms with van der Waals surface area (Å²) >= 11 is 6.09. The lowest BCUT2D eigenvalue weighted by molar-refractivity contribution is 0.102. The number of hydrogen-bond donors (Lipinski definition) is 2. The highest BCUT2D eigenvalue weighted by Gasteiger charge is 2.10. The summed E-state index contributed by atoms with van der Waals surface area (Å²) in [5.41, 5.74) is 3.14. The zero-order chi connectivity index (χ0) is 17.6. The predicted molar refractivity (Wildman–Crippen MR) is 99.9 cm³/mol. The molecule has 0 bridgehead atoms. The second-order valence-corrected chi connectivity index (χ2v) is 5.91. The van der Waals surface area contributed by atoms with E-state index >= 15 is 0 Å². The van der Waals surface area contributed by atoms with Crippen LogP contribution in [0.5, 0.6) is 0 Å². The first-order chi connectivity index (χ1) is 12.1. The fourth-order valence-corrected chi connectivity index (χ4v) is 2.47. The Bertz CT molecular complexity index is 884. The first-order valence-corrected chi connectivity index (χ1v) is 8.16. The van der Waals surface area contributed by atoms with E-state index in [1.165, 1.54) is 0 Å². The van der Waals surface area contributed by atoms with Crippen LogP contribution in [0.2, 0.25) is 5.02 Å². The summed E-state index contributed by atoms with van der Waals surface area (Å²) in [7, 11) is 0. The minimum absolute atomic E-state index is 0.209. The van der Waals surface area contributed by atoms with Crippen LogP contribution in [0.3, 0.4) is 0 Å². The number of amides is 1. The molecule has 0 saturated carbocycles. The molecule has 25 heavy (non-hydrogen) atoms. The monoisotopic (exact) mass is 352 g/mol. The average molecular weight is 353 g/mol. The molecule has 0 aliphatic rings. The maximum Gasteiger partial charge on any atom is 0.255 e. The third kappa shape index (κ3) is 4.33. The highest BCUT2D eigenvalue weighted by molar-refractivity contribution is 6.31. The average Bonchev–Trinajstić information content (AvgIpc) is 2.65. The lowest BCUT2D eigenvalue weighted by atomic mass is 10.2. The molecule has 3 aromatic rings. The van der Waals surface area contributed by atoms with Gasteiger partial charge in [-0.2, -0.15) is 0 Å². The van der Waals surface area contributed by atoms with Gasteiger partial charge in [0.15, 0.2) is 0 Å². The number of benzene rings is 1. The zero-order valence-electron chi connectivity index (χ0n) is 13.7. The molecule has 0 aliphatic heterocycles. The fourth-order valence-electron chi connectivity index (χ4n) is 2.30. The van der Waals surface area contributed by atoms with Crippen molar-refractivity contribution < 1.29 is 4.79 Å².